The summed E-state index contributed by atoms with van der Waals surface area (Å²) in [5, 5.41) is 7.73. The number of methoxy groups -OCH3 is 1. The van der Waals surface area contributed by atoms with Crippen molar-refractivity contribution in [2.45, 2.75) is 64.9 Å². The summed E-state index contributed by atoms with van der Waals surface area (Å²) >= 11 is 1.61. The van der Waals surface area contributed by atoms with Gasteiger partial charge >= 0.3 is 12.1 Å². The smallest absolute Gasteiger partial charge is 0.415 e. The van der Waals surface area contributed by atoms with Gasteiger partial charge in [0.1, 0.15) is 11.3 Å². The maximum Gasteiger partial charge on any atom is 0.415 e. The first-order valence-corrected chi connectivity index (χ1v) is 13.5. The minimum absolute atomic E-state index is 0.129. The van der Waals surface area contributed by atoms with Gasteiger partial charge in [-0.05, 0) is 51.7 Å². The third kappa shape index (κ3) is 5.43. The molecule has 2 aromatic heterocycles. The Morgan fingerprint density at radius 2 is 1.95 bits per heavy atom. The molecule has 0 bridgehead atoms. The number of benzene rings is 1. The third-order valence-electron chi connectivity index (χ3n) is 6.84. The van der Waals surface area contributed by atoms with E-state index in [-0.39, 0.29) is 23.8 Å². The van der Waals surface area contributed by atoms with Crippen LogP contribution in [0.5, 0.6) is 0 Å². The number of H-pyrrole nitrogens is 1. The van der Waals surface area contributed by atoms with Crippen LogP contribution in [0.1, 0.15) is 56.2 Å². The number of amides is 1. The van der Waals surface area contributed by atoms with E-state index in [4.69, 9.17) is 14.2 Å². The predicted octanol–water partition coefficient (Wildman–Crippen LogP) is 5.89. The van der Waals surface area contributed by atoms with E-state index in [1.807, 2.05) is 51.1 Å². The number of carbonyl (C=O) groups is 2. The summed E-state index contributed by atoms with van der Waals surface area (Å²) in [6.07, 6.45) is 3.77. The fourth-order valence-electron chi connectivity index (χ4n) is 5.20. The Kier molecular flexibility index (Phi) is 7.09. The van der Waals surface area contributed by atoms with Crippen LogP contribution in [0, 0.1) is 11.8 Å². The molecule has 0 saturated heterocycles. The van der Waals surface area contributed by atoms with Crippen LogP contribution >= 0.6 is 11.3 Å². The van der Waals surface area contributed by atoms with Crippen molar-refractivity contribution in [2.24, 2.45) is 11.8 Å². The van der Waals surface area contributed by atoms with Crippen molar-refractivity contribution in [3.05, 3.63) is 58.6 Å². The Balaban J connectivity index is 1.40. The van der Waals surface area contributed by atoms with Crippen molar-refractivity contribution < 1.29 is 23.8 Å². The average molecular weight is 524 g/mol. The highest BCUT2D eigenvalue weighted by atomic mass is 32.1. The molecule has 0 radical (unpaired) electrons. The first kappa shape index (κ1) is 25.5. The number of carbonyl (C=O) groups excluding carboxylic acids is 2. The van der Waals surface area contributed by atoms with Gasteiger partial charge in [-0.2, -0.15) is 5.10 Å². The summed E-state index contributed by atoms with van der Waals surface area (Å²) in [5.41, 5.74) is 2.85. The first-order valence-electron chi connectivity index (χ1n) is 12.6. The van der Waals surface area contributed by atoms with Gasteiger partial charge in [0.2, 0.25) is 0 Å². The van der Waals surface area contributed by atoms with Crippen molar-refractivity contribution >= 4 is 39.3 Å². The van der Waals surface area contributed by atoms with Crippen LogP contribution in [0.3, 0.4) is 0 Å². The van der Waals surface area contributed by atoms with Crippen molar-refractivity contribution in [2.75, 3.05) is 7.11 Å². The first-order chi connectivity index (χ1) is 17.7. The lowest BCUT2D eigenvalue weighted by atomic mass is 9.79. The Bertz CT molecular complexity index is 1310. The van der Waals surface area contributed by atoms with Gasteiger partial charge in [-0.3, -0.25) is 14.8 Å². The summed E-state index contributed by atoms with van der Waals surface area (Å²) in [4.78, 5) is 28.6. The number of fused-ring (bicyclic) bond motifs is 2. The molecule has 196 valence electrons. The molecule has 3 atom stereocenters. The largest absolute Gasteiger partial charge is 0.469 e. The topological polar surface area (TPSA) is 93.7 Å². The monoisotopic (exact) mass is 523 g/mol. The Labute approximate surface area is 220 Å². The molecule has 2 unspecified atom stereocenters. The van der Waals surface area contributed by atoms with E-state index in [1.165, 1.54) is 7.11 Å². The molecule has 9 heteroatoms. The molecular weight excluding hydrogens is 490 g/mol. The number of aromatic nitrogens is 2. The summed E-state index contributed by atoms with van der Waals surface area (Å²) in [6, 6.07) is 12.0. The zero-order chi connectivity index (χ0) is 26.2. The highest BCUT2D eigenvalue weighted by molar-refractivity contribution is 7.19. The van der Waals surface area contributed by atoms with Crippen LogP contribution < -0.4 is 0 Å². The second-order valence-electron chi connectivity index (χ2n) is 10.7. The molecule has 3 aromatic rings. The number of rotatable bonds is 6. The quantitative estimate of drug-likeness (QED) is 0.405. The standard InChI is InChI=1S/C28H33N3O5S/c1-28(2,3)36-27(33)31-22-13-19(26(32)34-4)11-10-18(22)12-23(31)24-25-21(29-30-24)14-20(37-25)16-35-15-17-8-6-5-7-9-17/h5-9,12,14,18-19,22H,10-11,13,15-16H2,1-4H3,(H,29,30)/t18-,19?,22?/m0/s1. The molecule has 1 saturated carbocycles. The molecular formula is C28H33N3O5S. The Hall–Kier alpha value is -3.17. The average Bonchev–Trinajstić information content (AvgIpc) is 3.54. The summed E-state index contributed by atoms with van der Waals surface area (Å²) in [6.45, 7) is 6.59. The number of aromatic amines is 1. The number of nitrogens with one attached hydrogen (secondary N) is 1. The fraction of sp³-hybridized carbons (Fsp3) is 0.464. The van der Waals surface area contributed by atoms with Crippen LogP contribution in [-0.4, -0.2) is 45.9 Å². The van der Waals surface area contributed by atoms with E-state index < -0.39 is 11.7 Å². The predicted molar refractivity (Wildman–Crippen MR) is 142 cm³/mol. The van der Waals surface area contributed by atoms with E-state index in [2.05, 4.69) is 22.3 Å². The molecule has 3 heterocycles. The van der Waals surface area contributed by atoms with Crippen molar-refractivity contribution in [3.63, 3.8) is 0 Å². The van der Waals surface area contributed by atoms with E-state index >= 15 is 0 Å². The second kappa shape index (κ2) is 10.3. The zero-order valence-electron chi connectivity index (χ0n) is 21.7. The van der Waals surface area contributed by atoms with E-state index in [0.29, 0.717) is 19.6 Å². The molecule has 1 amide bonds. The summed E-state index contributed by atoms with van der Waals surface area (Å²) < 4.78 is 17.7. The van der Waals surface area contributed by atoms with Crippen LogP contribution in [0.25, 0.3) is 15.9 Å². The van der Waals surface area contributed by atoms with Gasteiger partial charge in [0.25, 0.3) is 0 Å². The summed E-state index contributed by atoms with van der Waals surface area (Å²) in [7, 11) is 1.41. The normalized spacial score (nSPS) is 21.6. The summed E-state index contributed by atoms with van der Waals surface area (Å²) in [5.74, 6) is -0.335. The van der Waals surface area contributed by atoms with Gasteiger partial charge in [-0.15, -0.1) is 11.3 Å². The highest BCUT2D eigenvalue weighted by Crippen LogP contribution is 2.45. The number of ether oxygens (including phenoxy) is 3. The maximum atomic E-state index is 13.5. The third-order valence-corrected chi connectivity index (χ3v) is 7.96. The maximum absolute atomic E-state index is 13.5. The van der Waals surface area contributed by atoms with Crippen LogP contribution in [0.2, 0.25) is 0 Å². The number of nitrogens with zero attached hydrogens (tertiary/aromatic N) is 2. The van der Waals surface area contributed by atoms with Gasteiger partial charge in [0.15, 0.2) is 0 Å². The molecule has 2 aliphatic rings. The molecule has 0 spiro atoms. The lowest BCUT2D eigenvalue weighted by molar-refractivity contribution is -0.147. The molecule has 1 aliphatic carbocycles. The molecule has 8 nitrogen and oxygen atoms in total. The fourth-order valence-corrected chi connectivity index (χ4v) is 6.24. The Morgan fingerprint density at radius 3 is 2.68 bits per heavy atom. The van der Waals surface area contributed by atoms with Crippen molar-refractivity contribution in [1.29, 1.82) is 0 Å². The van der Waals surface area contributed by atoms with Crippen LogP contribution in [0.15, 0.2) is 42.5 Å². The molecule has 1 aliphatic heterocycles. The molecule has 1 aromatic carbocycles. The van der Waals surface area contributed by atoms with E-state index in [0.717, 1.165) is 44.9 Å². The molecule has 1 N–H and O–H groups in total. The minimum Gasteiger partial charge on any atom is -0.469 e. The van der Waals surface area contributed by atoms with Gasteiger partial charge in [0, 0.05) is 16.8 Å². The Morgan fingerprint density at radius 1 is 1.16 bits per heavy atom. The van der Waals surface area contributed by atoms with E-state index in [9.17, 15) is 9.59 Å². The minimum atomic E-state index is -0.649. The number of hydrogen-bond donors (Lipinski definition) is 1. The number of hydrogen-bond acceptors (Lipinski definition) is 7. The van der Waals surface area contributed by atoms with Gasteiger partial charge in [0.05, 0.1) is 42.2 Å². The highest BCUT2D eigenvalue weighted by Gasteiger charge is 2.46. The van der Waals surface area contributed by atoms with Crippen molar-refractivity contribution in [3.8, 4) is 0 Å². The SMILES string of the molecule is COC(=O)C1CC[C@H]2C=C(c3n[nH]c4cc(COCc5ccccc5)sc34)N(C(=O)OC(C)(C)C)C2C1. The second-order valence-corrected chi connectivity index (χ2v) is 11.8. The van der Waals surface area contributed by atoms with E-state index in [1.54, 1.807) is 16.2 Å². The van der Waals surface area contributed by atoms with Gasteiger partial charge in [-0.25, -0.2) is 4.79 Å². The van der Waals surface area contributed by atoms with Crippen LogP contribution in [-0.2, 0) is 32.2 Å². The van der Waals surface area contributed by atoms with Crippen molar-refractivity contribution in [1.82, 2.24) is 15.1 Å². The molecule has 5 rings (SSSR count). The van der Waals surface area contributed by atoms with Crippen LogP contribution in [0.4, 0.5) is 4.79 Å². The zero-order valence-corrected chi connectivity index (χ0v) is 22.5. The van der Waals surface area contributed by atoms with Gasteiger partial charge in [-0.1, -0.05) is 36.4 Å². The number of esters is 1. The lowest BCUT2D eigenvalue weighted by Gasteiger charge is -2.36. The molecule has 37 heavy (non-hydrogen) atoms. The molecule has 1 fully saturated rings. The lowest BCUT2D eigenvalue weighted by Crippen LogP contribution is -2.45. The van der Waals surface area contributed by atoms with Gasteiger partial charge < -0.3 is 14.2 Å². The number of thiophene rings is 1.